The second-order valence-electron chi connectivity index (χ2n) is 12.2. The van der Waals surface area contributed by atoms with Gasteiger partial charge in [-0.05, 0) is 67.7 Å². The zero-order chi connectivity index (χ0) is 35.4. The van der Waals surface area contributed by atoms with E-state index in [0.717, 1.165) is 25.9 Å². The summed E-state index contributed by atoms with van der Waals surface area (Å²) in [6, 6.07) is 13.6. The third kappa shape index (κ3) is 8.16. The van der Waals surface area contributed by atoms with E-state index < -0.39 is 29.9 Å². The first-order chi connectivity index (χ1) is 24.1. The molecule has 264 valence electrons. The molecule has 3 fully saturated rings. The Morgan fingerprint density at radius 1 is 1.04 bits per heavy atom. The minimum absolute atomic E-state index is 0.0611. The normalized spacial score (nSPS) is 19.4. The fraction of sp³-hybridized carbons (Fsp3) is 0.361. The number of nitrogens with zero attached hydrogens (tertiary/aromatic N) is 2. The molecule has 2 aromatic heterocycles. The summed E-state index contributed by atoms with van der Waals surface area (Å²) in [7, 11) is 3.01. The van der Waals surface area contributed by atoms with Crippen LogP contribution in [0, 0.1) is 16.9 Å². The van der Waals surface area contributed by atoms with Gasteiger partial charge >= 0.3 is 11.9 Å². The summed E-state index contributed by atoms with van der Waals surface area (Å²) in [6.07, 6.45) is 3.25. The lowest BCUT2D eigenvalue weighted by Crippen LogP contribution is -2.52. The summed E-state index contributed by atoms with van der Waals surface area (Å²) in [5.74, 6) is -0.456. The lowest BCUT2D eigenvalue weighted by Gasteiger charge is -2.44. The topological polar surface area (TPSA) is 113 Å². The summed E-state index contributed by atoms with van der Waals surface area (Å²) in [4.78, 5) is 30.4. The maximum Gasteiger partial charge on any atom is 0.348 e. The van der Waals surface area contributed by atoms with E-state index in [1.165, 1.54) is 44.0 Å². The number of pyridine rings is 1. The van der Waals surface area contributed by atoms with Crippen molar-refractivity contribution in [3.8, 4) is 11.5 Å². The van der Waals surface area contributed by atoms with Crippen LogP contribution in [0.25, 0.3) is 0 Å². The van der Waals surface area contributed by atoms with Gasteiger partial charge in [-0.2, -0.15) is 4.73 Å². The van der Waals surface area contributed by atoms with E-state index in [0.29, 0.717) is 49.6 Å². The highest BCUT2D eigenvalue weighted by atomic mass is 35.5. The Balaban J connectivity index is 1.19. The number of thiophene rings is 1. The highest BCUT2D eigenvalue weighted by Gasteiger charge is 2.38. The van der Waals surface area contributed by atoms with Crippen LogP contribution in [0.3, 0.4) is 0 Å². The zero-order valence-corrected chi connectivity index (χ0v) is 29.7. The van der Waals surface area contributed by atoms with Crippen LogP contribution in [0.1, 0.15) is 56.2 Å². The Kier molecular flexibility index (Phi) is 11.4. The van der Waals surface area contributed by atoms with Gasteiger partial charge in [0.05, 0.1) is 14.2 Å². The van der Waals surface area contributed by atoms with Crippen LogP contribution in [-0.2, 0) is 27.2 Å². The van der Waals surface area contributed by atoms with Crippen molar-refractivity contribution in [2.24, 2.45) is 5.92 Å². The highest BCUT2D eigenvalue weighted by molar-refractivity contribution is 7.13. The van der Waals surface area contributed by atoms with Crippen molar-refractivity contribution in [3.05, 3.63) is 115 Å². The summed E-state index contributed by atoms with van der Waals surface area (Å²) >= 11 is 13.9. The molecule has 10 nitrogen and oxygen atoms in total. The fourth-order valence-electron chi connectivity index (χ4n) is 6.46. The largest absolute Gasteiger partial charge is 0.619 e. The minimum atomic E-state index is -1.05. The Labute approximate surface area is 303 Å². The Bertz CT molecular complexity index is 1830. The number of hydrogen-bond donors (Lipinski definition) is 1. The van der Waals surface area contributed by atoms with Gasteiger partial charge in [0.2, 0.25) is 0 Å². The lowest BCUT2D eigenvalue weighted by molar-refractivity contribution is -0.605. The third-order valence-corrected chi connectivity index (χ3v) is 10.9. The van der Waals surface area contributed by atoms with Crippen LogP contribution < -0.4 is 19.5 Å². The second kappa shape index (κ2) is 15.9. The second-order valence-corrected chi connectivity index (χ2v) is 14.2. The maximum atomic E-state index is 15.0. The molecule has 0 amide bonds. The molecule has 3 aliphatic rings. The molecule has 3 atom stereocenters. The van der Waals surface area contributed by atoms with Crippen LogP contribution in [0.4, 0.5) is 4.39 Å². The number of methoxy groups -OCH3 is 2. The molecule has 0 radical (unpaired) electrons. The van der Waals surface area contributed by atoms with Gasteiger partial charge in [0.25, 0.3) is 0 Å². The van der Waals surface area contributed by atoms with E-state index in [-0.39, 0.29) is 34.7 Å². The number of benzene rings is 2. The molecule has 1 unspecified atom stereocenters. The van der Waals surface area contributed by atoms with Gasteiger partial charge in [-0.3, -0.25) is 10.2 Å². The van der Waals surface area contributed by atoms with Gasteiger partial charge in [-0.1, -0.05) is 47.5 Å². The SMILES string of the molecule is COc1ccc(C(Cc2c(Cl)c[n+]([O-])cc2Cl)OC(=O)c2ccc(CN[C@H](C(=O)O[C@H]3CN4CCC3CC4)c3ccccc3F)s2)cc1OC. The van der Waals surface area contributed by atoms with Gasteiger partial charge in [-0.25, -0.2) is 14.0 Å². The van der Waals surface area contributed by atoms with E-state index in [1.807, 2.05) is 0 Å². The molecule has 0 spiro atoms. The van der Waals surface area contributed by atoms with Crippen molar-refractivity contribution in [2.75, 3.05) is 33.9 Å². The summed E-state index contributed by atoms with van der Waals surface area (Å²) < 4.78 is 38.3. The molecule has 14 heteroatoms. The molecule has 2 aromatic carbocycles. The Hall–Kier alpha value is -3.94. The quantitative estimate of drug-likeness (QED) is 0.0938. The number of hydrogen-bond acceptors (Lipinski definition) is 10. The average Bonchev–Trinajstić information content (AvgIpc) is 3.59. The molecule has 3 aliphatic heterocycles. The van der Waals surface area contributed by atoms with Crippen molar-refractivity contribution in [3.63, 3.8) is 0 Å². The number of carbonyl (C=O) groups excluding carboxylic acids is 2. The number of ether oxygens (including phenoxy) is 4. The van der Waals surface area contributed by atoms with E-state index in [4.69, 9.17) is 42.1 Å². The summed E-state index contributed by atoms with van der Waals surface area (Å²) in [6.45, 7) is 2.85. The van der Waals surface area contributed by atoms with Crippen LogP contribution in [-0.4, -0.2) is 56.8 Å². The number of aromatic nitrogens is 1. The van der Waals surface area contributed by atoms with Gasteiger partial charge < -0.3 is 24.2 Å². The summed E-state index contributed by atoms with van der Waals surface area (Å²) in [5, 5.41) is 15.3. The van der Waals surface area contributed by atoms with Crippen LogP contribution in [0.5, 0.6) is 11.5 Å². The first-order valence-electron chi connectivity index (χ1n) is 16.1. The molecule has 5 heterocycles. The smallest absolute Gasteiger partial charge is 0.348 e. The standard InChI is InChI=1S/C36H36Cl2FN3O7S/c1-46-29-9-7-22(15-31(29)47-2)30(16-25-26(37)18-42(45)19-27(25)38)48-35(43)33-10-8-23(50-33)17-40-34(24-5-3-4-6-28(24)39)36(44)49-32-20-41-13-11-21(32)12-14-41/h3-10,15,18-19,21,30,32,34,40H,11-14,16-17,20H2,1-2H3/t30?,32-,34-/m0/s1. The van der Waals surface area contributed by atoms with Crippen molar-refractivity contribution in [1.82, 2.24) is 10.2 Å². The van der Waals surface area contributed by atoms with Gasteiger partial charge in [0, 0.05) is 35.5 Å². The first kappa shape index (κ1) is 35.9. The number of piperidine rings is 3. The molecular weight excluding hydrogens is 708 g/mol. The molecule has 50 heavy (non-hydrogen) atoms. The molecule has 0 saturated carbocycles. The van der Waals surface area contributed by atoms with Crippen LogP contribution in [0.15, 0.2) is 67.0 Å². The molecule has 7 rings (SSSR count). The number of halogens is 3. The van der Waals surface area contributed by atoms with Crippen LogP contribution >= 0.6 is 34.5 Å². The summed E-state index contributed by atoms with van der Waals surface area (Å²) in [5.41, 5.74) is 1.19. The Morgan fingerprint density at radius 3 is 2.42 bits per heavy atom. The molecule has 3 saturated heterocycles. The number of rotatable bonds is 13. The van der Waals surface area contributed by atoms with E-state index >= 15 is 0 Å². The van der Waals surface area contributed by atoms with Gasteiger partial charge in [-0.15, -0.1) is 11.3 Å². The molecular formula is C36H36Cl2FN3O7S. The van der Waals surface area contributed by atoms with E-state index in [9.17, 15) is 19.2 Å². The number of esters is 2. The van der Waals surface area contributed by atoms with Gasteiger partial charge in [0.15, 0.2) is 23.9 Å². The lowest BCUT2D eigenvalue weighted by atomic mass is 9.86. The number of nitrogens with one attached hydrogen (secondary N) is 1. The van der Waals surface area contributed by atoms with Crippen molar-refractivity contribution in [2.45, 2.75) is 44.1 Å². The van der Waals surface area contributed by atoms with E-state index in [1.54, 1.807) is 48.5 Å². The molecule has 0 aliphatic carbocycles. The zero-order valence-electron chi connectivity index (χ0n) is 27.4. The molecule has 2 bridgehead atoms. The molecule has 1 N–H and O–H groups in total. The predicted molar refractivity (Wildman–Crippen MR) is 186 cm³/mol. The third-order valence-electron chi connectivity index (χ3n) is 9.13. The number of fused-ring (bicyclic) bond motifs is 3. The van der Waals surface area contributed by atoms with Crippen LogP contribution in [0.2, 0.25) is 10.0 Å². The molecule has 4 aromatic rings. The van der Waals surface area contributed by atoms with E-state index in [2.05, 4.69) is 10.2 Å². The Morgan fingerprint density at radius 2 is 1.76 bits per heavy atom. The minimum Gasteiger partial charge on any atom is -0.619 e. The van der Waals surface area contributed by atoms with Crippen molar-refractivity contribution >= 4 is 46.5 Å². The van der Waals surface area contributed by atoms with Gasteiger partial charge in [0.1, 0.15) is 39.0 Å². The monoisotopic (exact) mass is 743 g/mol. The predicted octanol–water partition coefficient (Wildman–Crippen LogP) is 6.45. The number of carbonyl (C=O) groups is 2. The first-order valence-corrected chi connectivity index (χ1v) is 17.7. The maximum absolute atomic E-state index is 15.0. The highest BCUT2D eigenvalue weighted by Crippen LogP contribution is 2.36. The van der Waals surface area contributed by atoms with Crippen molar-refractivity contribution < 1.29 is 37.7 Å². The fourth-order valence-corrected chi connectivity index (χ4v) is 7.90. The average molecular weight is 745 g/mol. The van der Waals surface area contributed by atoms with Crippen molar-refractivity contribution in [1.29, 1.82) is 0 Å².